The molecule has 2 unspecified atom stereocenters. The van der Waals surface area contributed by atoms with Crippen LogP contribution in [0.1, 0.15) is 26.2 Å². The molecule has 2 atom stereocenters. The van der Waals surface area contributed by atoms with Crippen LogP contribution < -0.4 is 4.74 Å². The topological polar surface area (TPSA) is 66.8 Å². The summed E-state index contributed by atoms with van der Waals surface area (Å²) in [5.41, 5.74) is 0. The van der Waals surface area contributed by atoms with Gasteiger partial charge in [0.05, 0.1) is 6.42 Å². The Morgan fingerprint density at radius 1 is 1.41 bits per heavy atom. The summed E-state index contributed by atoms with van der Waals surface area (Å²) in [5.74, 6) is -0.365. The first kappa shape index (κ1) is 16.7. The van der Waals surface area contributed by atoms with Gasteiger partial charge in [-0.15, -0.1) is 11.8 Å². The number of carbonyl (C=O) groups excluding carboxylic acids is 1. The van der Waals surface area contributed by atoms with Crippen LogP contribution in [0.4, 0.5) is 0 Å². The first-order valence-electron chi connectivity index (χ1n) is 7.34. The molecule has 1 aliphatic heterocycles. The van der Waals surface area contributed by atoms with Crippen molar-refractivity contribution >= 4 is 23.6 Å². The molecule has 0 radical (unpaired) electrons. The lowest BCUT2D eigenvalue weighted by molar-refractivity contribution is -0.142. The third-order valence-corrected chi connectivity index (χ3v) is 4.53. The van der Waals surface area contributed by atoms with Gasteiger partial charge in [0.2, 0.25) is 0 Å². The highest BCUT2D eigenvalue weighted by Crippen LogP contribution is 2.23. The molecular weight excluding hydrogens is 302 g/mol. The Morgan fingerprint density at radius 3 is 2.68 bits per heavy atom. The van der Waals surface area contributed by atoms with Crippen LogP contribution in [0.3, 0.4) is 0 Å². The van der Waals surface area contributed by atoms with Crippen LogP contribution >= 0.6 is 11.8 Å². The number of thioether (sulfide) groups is 1. The van der Waals surface area contributed by atoms with Crippen LogP contribution in [0.2, 0.25) is 0 Å². The summed E-state index contributed by atoms with van der Waals surface area (Å²) >= 11 is 1.64. The van der Waals surface area contributed by atoms with Crippen molar-refractivity contribution in [2.75, 3.05) is 12.8 Å². The maximum Gasteiger partial charge on any atom is 0.305 e. The van der Waals surface area contributed by atoms with Crippen molar-refractivity contribution < 1.29 is 19.4 Å². The summed E-state index contributed by atoms with van der Waals surface area (Å²) in [7, 11) is 0. The molecule has 0 saturated carbocycles. The summed E-state index contributed by atoms with van der Waals surface area (Å²) in [6.07, 6.45) is 2.97. The van der Waals surface area contributed by atoms with E-state index < -0.39 is 12.1 Å². The first-order valence-corrected chi connectivity index (χ1v) is 8.56. The van der Waals surface area contributed by atoms with E-state index in [2.05, 4.69) is 0 Å². The number of ether oxygens (including phenoxy) is 1. The number of hydrogen-bond acceptors (Lipinski definition) is 4. The smallest absolute Gasteiger partial charge is 0.305 e. The highest BCUT2D eigenvalue weighted by molar-refractivity contribution is 7.98. The Kier molecular flexibility index (Phi) is 5.71. The van der Waals surface area contributed by atoms with Crippen LogP contribution in [0.15, 0.2) is 29.2 Å². The average molecular weight is 323 g/mol. The van der Waals surface area contributed by atoms with Gasteiger partial charge in [0.15, 0.2) is 6.10 Å². The Hall–Kier alpha value is -1.69. The van der Waals surface area contributed by atoms with Crippen molar-refractivity contribution in [3.8, 4) is 5.75 Å². The second-order valence-corrected chi connectivity index (χ2v) is 6.24. The van der Waals surface area contributed by atoms with Crippen molar-refractivity contribution in [2.24, 2.45) is 0 Å². The molecule has 1 aromatic rings. The summed E-state index contributed by atoms with van der Waals surface area (Å²) < 4.78 is 5.69. The van der Waals surface area contributed by atoms with Crippen LogP contribution in [0, 0.1) is 0 Å². The van der Waals surface area contributed by atoms with Crippen LogP contribution in [-0.4, -0.2) is 46.8 Å². The highest BCUT2D eigenvalue weighted by atomic mass is 32.2. The molecule has 0 bridgehead atoms. The zero-order chi connectivity index (χ0) is 16.1. The van der Waals surface area contributed by atoms with Gasteiger partial charge in [0.1, 0.15) is 5.75 Å². The number of aliphatic carboxylic acids is 1. The minimum absolute atomic E-state index is 0.000873. The Morgan fingerprint density at radius 2 is 2.09 bits per heavy atom. The summed E-state index contributed by atoms with van der Waals surface area (Å²) in [6.45, 7) is 2.32. The first-order chi connectivity index (χ1) is 10.5. The largest absolute Gasteiger partial charge is 0.481 e. The Bertz CT molecular complexity index is 531. The zero-order valence-corrected chi connectivity index (χ0v) is 13.6. The number of benzene rings is 1. The minimum atomic E-state index is -0.870. The average Bonchev–Trinajstić information content (AvgIpc) is 2.94. The summed E-state index contributed by atoms with van der Waals surface area (Å²) in [4.78, 5) is 26.1. The number of amides is 1. The monoisotopic (exact) mass is 323 g/mol. The van der Waals surface area contributed by atoms with Crippen molar-refractivity contribution in [2.45, 2.75) is 43.2 Å². The van der Waals surface area contributed by atoms with Gasteiger partial charge in [-0.1, -0.05) is 0 Å². The molecular formula is C16H21NO4S. The van der Waals surface area contributed by atoms with E-state index >= 15 is 0 Å². The van der Waals surface area contributed by atoms with E-state index in [0.29, 0.717) is 12.3 Å². The van der Waals surface area contributed by atoms with Gasteiger partial charge in [0, 0.05) is 17.5 Å². The Balaban J connectivity index is 1.97. The van der Waals surface area contributed by atoms with E-state index in [0.717, 1.165) is 17.7 Å². The van der Waals surface area contributed by atoms with Crippen LogP contribution in [0.5, 0.6) is 5.75 Å². The molecule has 1 heterocycles. The molecule has 0 aromatic heterocycles. The number of carbonyl (C=O) groups is 2. The van der Waals surface area contributed by atoms with E-state index in [-0.39, 0.29) is 18.4 Å². The van der Waals surface area contributed by atoms with Gasteiger partial charge < -0.3 is 14.7 Å². The lowest BCUT2D eigenvalue weighted by atomic mass is 10.1. The van der Waals surface area contributed by atoms with E-state index in [1.807, 2.05) is 30.5 Å². The quantitative estimate of drug-likeness (QED) is 0.815. The number of carboxylic acid groups (broad SMARTS) is 1. The molecule has 1 saturated heterocycles. The second kappa shape index (κ2) is 7.54. The van der Waals surface area contributed by atoms with Gasteiger partial charge in [-0.3, -0.25) is 9.59 Å². The second-order valence-electron chi connectivity index (χ2n) is 5.36. The fourth-order valence-electron chi connectivity index (χ4n) is 2.68. The number of carboxylic acids is 1. The molecule has 1 amide bonds. The molecule has 1 N–H and O–H groups in total. The maximum atomic E-state index is 12.5. The standard InChI is InChI=1S/C16H21NO4S/c1-11(21-13-5-7-14(22-2)8-6-13)16(20)17-9-3-4-12(17)10-15(18)19/h5-8,11-12H,3-4,9-10H2,1-2H3,(H,18,19). The molecule has 0 aliphatic carbocycles. The fourth-order valence-corrected chi connectivity index (χ4v) is 3.09. The molecule has 1 aliphatic rings. The van der Waals surface area contributed by atoms with E-state index in [1.165, 1.54) is 0 Å². The van der Waals surface area contributed by atoms with Crippen LogP contribution in [0.25, 0.3) is 0 Å². The molecule has 0 spiro atoms. The van der Waals surface area contributed by atoms with Gasteiger partial charge in [0.25, 0.3) is 5.91 Å². The highest BCUT2D eigenvalue weighted by Gasteiger charge is 2.33. The van der Waals surface area contributed by atoms with E-state index in [4.69, 9.17) is 9.84 Å². The van der Waals surface area contributed by atoms with Crippen molar-refractivity contribution in [3.05, 3.63) is 24.3 Å². The third kappa shape index (κ3) is 4.16. The van der Waals surface area contributed by atoms with Crippen molar-refractivity contribution in [1.82, 2.24) is 4.90 Å². The molecule has 1 fully saturated rings. The summed E-state index contributed by atoms with van der Waals surface area (Å²) in [5, 5.41) is 8.93. The number of likely N-dealkylation sites (tertiary alicyclic amines) is 1. The molecule has 6 heteroatoms. The molecule has 2 rings (SSSR count). The van der Waals surface area contributed by atoms with E-state index in [1.54, 1.807) is 23.6 Å². The van der Waals surface area contributed by atoms with Crippen LogP contribution in [-0.2, 0) is 9.59 Å². The fraction of sp³-hybridized carbons (Fsp3) is 0.500. The predicted molar refractivity (Wildman–Crippen MR) is 85.3 cm³/mol. The minimum Gasteiger partial charge on any atom is -0.481 e. The molecule has 1 aromatic carbocycles. The van der Waals surface area contributed by atoms with Gasteiger partial charge in [-0.25, -0.2) is 0 Å². The Labute approximate surface area is 134 Å². The van der Waals surface area contributed by atoms with Crippen molar-refractivity contribution in [1.29, 1.82) is 0 Å². The predicted octanol–water partition coefficient (Wildman–Crippen LogP) is 2.64. The van der Waals surface area contributed by atoms with Gasteiger partial charge in [-0.2, -0.15) is 0 Å². The van der Waals surface area contributed by atoms with Gasteiger partial charge in [-0.05, 0) is 50.3 Å². The SMILES string of the molecule is CSc1ccc(OC(C)C(=O)N2CCCC2CC(=O)O)cc1. The summed E-state index contributed by atoms with van der Waals surface area (Å²) in [6, 6.07) is 7.36. The normalized spacial score (nSPS) is 19.0. The number of nitrogens with zero attached hydrogens (tertiary/aromatic N) is 1. The number of rotatable bonds is 6. The maximum absolute atomic E-state index is 12.5. The lowest BCUT2D eigenvalue weighted by Crippen LogP contribution is -2.43. The van der Waals surface area contributed by atoms with Gasteiger partial charge >= 0.3 is 5.97 Å². The lowest BCUT2D eigenvalue weighted by Gasteiger charge is -2.26. The van der Waals surface area contributed by atoms with Crippen molar-refractivity contribution in [3.63, 3.8) is 0 Å². The zero-order valence-electron chi connectivity index (χ0n) is 12.8. The molecule has 22 heavy (non-hydrogen) atoms. The van der Waals surface area contributed by atoms with E-state index in [9.17, 15) is 9.59 Å². The number of hydrogen-bond donors (Lipinski definition) is 1. The molecule has 5 nitrogen and oxygen atoms in total. The molecule has 120 valence electrons. The third-order valence-electron chi connectivity index (χ3n) is 3.79.